The fraction of sp³-hybridized carbons (Fsp3) is 0.538. The molecule has 0 saturated heterocycles. The zero-order chi connectivity index (χ0) is 11.3. The van der Waals surface area contributed by atoms with E-state index in [4.69, 9.17) is 17.3 Å². The van der Waals surface area contributed by atoms with Gasteiger partial charge in [0.15, 0.2) is 0 Å². The van der Waals surface area contributed by atoms with Crippen molar-refractivity contribution in [1.29, 1.82) is 0 Å². The van der Waals surface area contributed by atoms with E-state index in [0.29, 0.717) is 5.92 Å². The molecule has 0 bridgehead atoms. The van der Waals surface area contributed by atoms with Crippen molar-refractivity contribution < 1.29 is 0 Å². The molecular weight excluding hydrogens is 206 g/mol. The molecule has 0 heterocycles. The molecule has 0 aliphatic carbocycles. The molecule has 2 atom stereocenters. The third kappa shape index (κ3) is 4.67. The first kappa shape index (κ1) is 12.5. The van der Waals surface area contributed by atoms with Crippen LogP contribution in [-0.4, -0.2) is 6.04 Å². The van der Waals surface area contributed by atoms with Crippen LogP contribution in [0.2, 0.25) is 5.02 Å². The van der Waals surface area contributed by atoms with E-state index in [2.05, 4.69) is 19.9 Å². The van der Waals surface area contributed by atoms with Crippen LogP contribution in [0.25, 0.3) is 0 Å². The van der Waals surface area contributed by atoms with Gasteiger partial charge < -0.3 is 5.73 Å². The summed E-state index contributed by atoms with van der Waals surface area (Å²) in [6.07, 6.45) is 3.21. The lowest BCUT2D eigenvalue weighted by molar-refractivity contribution is 0.450. The van der Waals surface area contributed by atoms with Gasteiger partial charge in [0.1, 0.15) is 0 Å². The zero-order valence-corrected chi connectivity index (χ0v) is 10.3. The van der Waals surface area contributed by atoms with Crippen LogP contribution >= 0.6 is 11.6 Å². The van der Waals surface area contributed by atoms with E-state index >= 15 is 0 Å². The highest BCUT2D eigenvalue weighted by Crippen LogP contribution is 2.15. The topological polar surface area (TPSA) is 26.0 Å². The molecule has 1 aromatic carbocycles. The van der Waals surface area contributed by atoms with Crippen LogP contribution in [-0.2, 0) is 6.42 Å². The fourth-order valence-corrected chi connectivity index (χ4v) is 1.95. The lowest BCUT2D eigenvalue weighted by atomic mass is 9.95. The van der Waals surface area contributed by atoms with Crippen LogP contribution in [0.3, 0.4) is 0 Å². The third-order valence-corrected chi connectivity index (χ3v) is 3.02. The molecule has 0 aliphatic rings. The molecule has 2 heteroatoms. The second-order valence-electron chi connectivity index (χ2n) is 4.34. The Hall–Kier alpha value is -0.530. The lowest BCUT2D eigenvalue weighted by Gasteiger charge is -2.15. The Kier molecular flexibility index (Phi) is 5.13. The van der Waals surface area contributed by atoms with E-state index in [-0.39, 0.29) is 6.04 Å². The van der Waals surface area contributed by atoms with Crippen molar-refractivity contribution in [1.82, 2.24) is 0 Å². The molecule has 0 aliphatic heterocycles. The average molecular weight is 226 g/mol. The SMILES string of the molecule is CCC(C)CC(N)Cc1cccc(Cl)c1. The molecular formula is C13H20ClN. The highest BCUT2D eigenvalue weighted by Gasteiger charge is 2.08. The maximum absolute atomic E-state index is 6.09. The number of rotatable bonds is 5. The van der Waals surface area contributed by atoms with Crippen LogP contribution in [0.4, 0.5) is 0 Å². The van der Waals surface area contributed by atoms with E-state index in [0.717, 1.165) is 17.9 Å². The van der Waals surface area contributed by atoms with Crippen LogP contribution in [0.1, 0.15) is 32.3 Å². The number of benzene rings is 1. The molecule has 0 aromatic heterocycles. The van der Waals surface area contributed by atoms with Crippen LogP contribution in [0.15, 0.2) is 24.3 Å². The molecule has 1 rings (SSSR count). The van der Waals surface area contributed by atoms with Crippen molar-refractivity contribution in [3.05, 3.63) is 34.9 Å². The predicted molar refractivity (Wildman–Crippen MR) is 67.2 cm³/mol. The summed E-state index contributed by atoms with van der Waals surface area (Å²) in [6.45, 7) is 4.45. The largest absolute Gasteiger partial charge is 0.327 e. The van der Waals surface area contributed by atoms with E-state index in [1.54, 1.807) is 0 Å². The minimum absolute atomic E-state index is 0.249. The Labute approximate surface area is 97.6 Å². The monoisotopic (exact) mass is 225 g/mol. The van der Waals surface area contributed by atoms with Gasteiger partial charge in [-0.3, -0.25) is 0 Å². The van der Waals surface area contributed by atoms with Gasteiger partial charge >= 0.3 is 0 Å². The van der Waals surface area contributed by atoms with Crippen molar-refractivity contribution in [3.63, 3.8) is 0 Å². The smallest absolute Gasteiger partial charge is 0.0408 e. The first-order chi connectivity index (χ1) is 7.11. The quantitative estimate of drug-likeness (QED) is 0.814. The van der Waals surface area contributed by atoms with E-state index in [1.165, 1.54) is 12.0 Å². The number of hydrogen-bond donors (Lipinski definition) is 1. The molecule has 0 fully saturated rings. The molecule has 1 aromatic rings. The molecule has 84 valence electrons. The van der Waals surface area contributed by atoms with Gasteiger partial charge in [0.05, 0.1) is 0 Å². The highest BCUT2D eigenvalue weighted by molar-refractivity contribution is 6.30. The number of hydrogen-bond acceptors (Lipinski definition) is 1. The van der Waals surface area contributed by atoms with Crippen molar-refractivity contribution in [2.45, 2.75) is 39.2 Å². The summed E-state index contributed by atoms with van der Waals surface area (Å²) in [5.74, 6) is 0.708. The van der Waals surface area contributed by atoms with Crippen molar-refractivity contribution >= 4 is 11.6 Å². The molecule has 0 radical (unpaired) electrons. The molecule has 0 spiro atoms. The van der Waals surface area contributed by atoms with Gasteiger partial charge in [-0.05, 0) is 36.5 Å². The van der Waals surface area contributed by atoms with Gasteiger partial charge in [0, 0.05) is 11.1 Å². The Morgan fingerprint density at radius 1 is 1.40 bits per heavy atom. The van der Waals surface area contributed by atoms with Gasteiger partial charge in [-0.15, -0.1) is 0 Å². The summed E-state index contributed by atoms with van der Waals surface area (Å²) < 4.78 is 0. The Balaban J connectivity index is 2.47. The first-order valence-corrected chi connectivity index (χ1v) is 5.99. The van der Waals surface area contributed by atoms with E-state index in [1.807, 2.05) is 18.2 Å². The summed E-state index contributed by atoms with van der Waals surface area (Å²) in [6, 6.07) is 8.21. The summed E-state index contributed by atoms with van der Waals surface area (Å²) in [5, 5.41) is 0.795. The van der Waals surface area contributed by atoms with Gasteiger partial charge in [-0.2, -0.15) is 0 Å². The summed E-state index contributed by atoms with van der Waals surface area (Å²) in [5.41, 5.74) is 7.32. The van der Waals surface area contributed by atoms with Gasteiger partial charge in [0.25, 0.3) is 0 Å². The van der Waals surface area contributed by atoms with Gasteiger partial charge in [-0.1, -0.05) is 44.0 Å². The fourth-order valence-electron chi connectivity index (χ4n) is 1.73. The highest BCUT2D eigenvalue weighted by atomic mass is 35.5. The van der Waals surface area contributed by atoms with Crippen molar-refractivity contribution in [2.75, 3.05) is 0 Å². The molecule has 0 amide bonds. The maximum Gasteiger partial charge on any atom is 0.0408 e. The zero-order valence-electron chi connectivity index (χ0n) is 9.54. The Morgan fingerprint density at radius 2 is 2.13 bits per heavy atom. The van der Waals surface area contributed by atoms with Crippen molar-refractivity contribution in [2.24, 2.45) is 11.7 Å². The second kappa shape index (κ2) is 6.14. The minimum atomic E-state index is 0.249. The van der Waals surface area contributed by atoms with E-state index < -0.39 is 0 Å². The van der Waals surface area contributed by atoms with Crippen LogP contribution < -0.4 is 5.73 Å². The summed E-state index contributed by atoms with van der Waals surface area (Å²) in [4.78, 5) is 0. The number of halogens is 1. The predicted octanol–water partition coefficient (Wildman–Crippen LogP) is 3.65. The summed E-state index contributed by atoms with van der Waals surface area (Å²) in [7, 11) is 0. The molecule has 2 unspecified atom stereocenters. The lowest BCUT2D eigenvalue weighted by Crippen LogP contribution is -2.25. The standard InChI is InChI=1S/C13H20ClN/c1-3-10(2)7-13(15)9-11-5-4-6-12(14)8-11/h4-6,8,10,13H,3,7,9,15H2,1-2H3. The first-order valence-electron chi connectivity index (χ1n) is 5.61. The minimum Gasteiger partial charge on any atom is -0.327 e. The summed E-state index contributed by atoms with van der Waals surface area (Å²) >= 11 is 5.92. The van der Waals surface area contributed by atoms with Gasteiger partial charge in [-0.25, -0.2) is 0 Å². The molecule has 15 heavy (non-hydrogen) atoms. The van der Waals surface area contributed by atoms with Gasteiger partial charge in [0.2, 0.25) is 0 Å². The Bertz CT molecular complexity index is 298. The normalized spacial score (nSPS) is 14.9. The second-order valence-corrected chi connectivity index (χ2v) is 4.78. The molecule has 0 saturated carbocycles. The number of nitrogens with two attached hydrogens (primary N) is 1. The molecule has 2 N–H and O–H groups in total. The molecule has 1 nitrogen and oxygen atoms in total. The average Bonchev–Trinajstić information content (AvgIpc) is 2.17. The van der Waals surface area contributed by atoms with Crippen LogP contribution in [0, 0.1) is 5.92 Å². The van der Waals surface area contributed by atoms with E-state index in [9.17, 15) is 0 Å². The Morgan fingerprint density at radius 3 is 2.73 bits per heavy atom. The van der Waals surface area contributed by atoms with Crippen LogP contribution in [0.5, 0.6) is 0 Å². The maximum atomic E-state index is 6.09. The third-order valence-electron chi connectivity index (χ3n) is 2.79. The van der Waals surface area contributed by atoms with Crippen molar-refractivity contribution in [3.8, 4) is 0 Å².